The van der Waals surface area contributed by atoms with Crippen molar-refractivity contribution in [2.45, 2.75) is 44.1 Å². The number of ether oxygens (including phenoxy) is 2. The van der Waals surface area contributed by atoms with E-state index < -0.39 is 47.5 Å². The highest BCUT2D eigenvalue weighted by atomic mass is 16.5. The number of hydrogen-bond acceptors (Lipinski definition) is 7. The number of carbonyl (C=O) groups is 4. The van der Waals surface area contributed by atoms with Gasteiger partial charge in [0.1, 0.15) is 17.1 Å². The molecule has 3 saturated heterocycles. The molecule has 1 aromatic heterocycles. The second kappa shape index (κ2) is 8.16. The third-order valence-corrected chi connectivity index (χ3v) is 7.90. The van der Waals surface area contributed by atoms with E-state index in [4.69, 9.17) is 13.9 Å². The molecule has 2 aromatic rings. The predicted molar refractivity (Wildman–Crippen MR) is 126 cm³/mol. The fraction of sp³-hybridized carbons (Fsp3) is 0.407. The van der Waals surface area contributed by atoms with E-state index in [1.165, 1.54) is 6.26 Å². The molecule has 0 unspecified atom stereocenters. The zero-order valence-electron chi connectivity index (χ0n) is 19.9. The van der Waals surface area contributed by atoms with E-state index in [0.717, 1.165) is 0 Å². The third-order valence-electron chi connectivity index (χ3n) is 7.90. The summed E-state index contributed by atoms with van der Waals surface area (Å²) < 4.78 is 17.0. The summed E-state index contributed by atoms with van der Waals surface area (Å²) in [6.45, 7) is 3.78. The number of piperidine rings is 1. The molecule has 1 N–H and O–H groups in total. The van der Waals surface area contributed by atoms with Crippen LogP contribution in [-0.2, 0) is 23.9 Å². The van der Waals surface area contributed by atoms with Crippen LogP contribution in [0.3, 0.4) is 0 Å². The van der Waals surface area contributed by atoms with Crippen LogP contribution in [0.15, 0.2) is 59.2 Å². The van der Waals surface area contributed by atoms with Crippen LogP contribution in [0.2, 0.25) is 0 Å². The summed E-state index contributed by atoms with van der Waals surface area (Å²) in [5.41, 5.74) is -0.318. The smallest absolute Gasteiger partial charge is 0.338 e. The number of furan rings is 1. The Hall–Kier alpha value is -3.72. The maximum atomic E-state index is 14.0. The van der Waals surface area contributed by atoms with Crippen molar-refractivity contribution in [1.29, 1.82) is 0 Å². The first kappa shape index (κ1) is 22.7. The predicted octanol–water partition coefficient (Wildman–Crippen LogP) is 2.90. The Balaban J connectivity index is 1.32. The number of nitrogens with one attached hydrogen (secondary N) is 1. The molecule has 5 heterocycles. The largest absolute Gasteiger partial charge is 0.467 e. The van der Waals surface area contributed by atoms with Gasteiger partial charge in [-0.15, -0.1) is 0 Å². The van der Waals surface area contributed by atoms with Gasteiger partial charge in [0.2, 0.25) is 11.8 Å². The molecule has 3 fully saturated rings. The van der Waals surface area contributed by atoms with E-state index in [1.807, 2.05) is 19.1 Å². The van der Waals surface area contributed by atoms with Crippen molar-refractivity contribution in [3.63, 3.8) is 0 Å². The second-order valence-electron chi connectivity index (χ2n) is 9.77. The van der Waals surface area contributed by atoms with Crippen LogP contribution in [0.1, 0.15) is 42.4 Å². The number of benzene rings is 1. The van der Waals surface area contributed by atoms with Gasteiger partial charge in [0, 0.05) is 18.0 Å². The minimum absolute atomic E-state index is 0.0320. The summed E-state index contributed by atoms with van der Waals surface area (Å²) in [7, 11) is 0. The fourth-order valence-corrected chi connectivity index (χ4v) is 6.43. The molecule has 7 atom stereocenters. The van der Waals surface area contributed by atoms with Gasteiger partial charge >= 0.3 is 5.97 Å². The molecule has 1 aromatic carbocycles. The van der Waals surface area contributed by atoms with E-state index in [-0.39, 0.29) is 30.6 Å². The molecule has 0 radical (unpaired) electrons. The first-order valence-electron chi connectivity index (χ1n) is 12.2. The van der Waals surface area contributed by atoms with Gasteiger partial charge in [-0.2, -0.15) is 0 Å². The maximum absolute atomic E-state index is 14.0. The molecular weight excluding hydrogens is 464 g/mol. The standard InChI is InChI=1S/C27H26N2O7/c1-3-34-26(33)15-6-4-7-16(12-15)28-24(31)21-20-9-10-27(36-20)22(21)25(32)29-17(19-8-5-11-35-19)13-18(30)14(2)23(27)29/h4-12,14,17,20-23H,3,13H2,1-2H3,(H,28,31)/t14-,17-,20-,21+,22-,23+,27+/m1/s1. The van der Waals surface area contributed by atoms with Crippen LogP contribution < -0.4 is 5.32 Å². The highest BCUT2D eigenvalue weighted by Crippen LogP contribution is 2.60. The number of ketones is 1. The molecule has 9 nitrogen and oxygen atoms in total. The lowest BCUT2D eigenvalue weighted by atomic mass is 9.70. The van der Waals surface area contributed by atoms with Crippen LogP contribution in [0, 0.1) is 17.8 Å². The Morgan fingerprint density at radius 2 is 2.06 bits per heavy atom. The molecule has 36 heavy (non-hydrogen) atoms. The van der Waals surface area contributed by atoms with E-state index in [9.17, 15) is 19.2 Å². The van der Waals surface area contributed by atoms with Crippen molar-refractivity contribution in [1.82, 2.24) is 4.90 Å². The minimum atomic E-state index is -1.06. The van der Waals surface area contributed by atoms with Gasteiger partial charge in [-0.3, -0.25) is 14.4 Å². The molecule has 1 spiro atoms. The lowest BCUT2D eigenvalue weighted by molar-refractivity contribution is -0.147. The van der Waals surface area contributed by atoms with E-state index in [2.05, 4.69) is 5.32 Å². The zero-order chi connectivity index (χ0) is 25.2. The quantitative estimate of drug-likeness (QED) is 0.506. The van der Waals surface area contributed by atoms with Gasteiger partial charge in [-0.25, -0.2) is 4.79 Å². The number of amides is 2. The summed E-state index contributed by atoms with van der Waals surface area (Å²) in [4.78, 5) is 54.4. The average Bonchev–Trinajstić information content (AvgIpc) is 3.64. The summed E-state index contributed by atoms with van der Waals surface area (Å²) in [6.07, 6.45) is 4.78. The Morgan fingerprint density at radius 3 is 2.81 bits per heavy atom. The number of esters is 1. The molecule has 2 amide bonds. The number of anilines is 1. The lowest BCUT2D eigenvalue weighted by Gasteiger charge is -2.43. The van der Waals surface area contributed by atoms with Gasteiger partial charge in [0.25, 0.3) is 0 Å². The van der Waals surface area contributed by atoms with Crippen molar-refractivity contribution in [2.75, 3.05) is 11.9 Å². The molecular formula is C27H26N2O7. The van der Waals surface area contributed by atoms with Gasteiger partial charge < -0.3 is 24.1 Å². The second-order valence-corrected chi connectivity index (χ2v) is 9.77. The van der Waals surface area contributed by atoms with Crippen LogP contribution >= 0.6 is 0 Å². The number of rotatable bonds is 5. The van der Waals surface area contributed by atoms with E-state index in [1.54, 1.807) is 48.2 Å². The molecule has 0 aliphatic carbocycles. The average molecular weight is 491 g/mol. The molecule has 6 rings (SSSR count). The summed E-state index contributed by atoms with van der Waals surface area (Å²) >= 11 is 0. The molecule has 0 saturated carbocycles. The minimum Gasteiger partial charge on any atom is -0.467 e. The summed E-state index contributed by atoms with van der Waals surface area (Å²) in [5, 5.41) is 2.86. The van der Waals surface area contributed by atoms with Crippen LogP contribution in [-0.4, -0.2) is 52.8 Å². The first-order valence-corrected chi connectivity index (χ1v) is 12.2. The van der Waals surface area contributed by atoms with Crippen molar-refractivity contribution in [2.24, 2.45) is 17.8 Å². The van der Waals surface area contributed by atoms with Gasteiger partial charge in [0.05, 0.1) is 48.5 Å². The number of Topliss-reactive ketones (excluding diaryl/α,β-unsaturated/α-hetero) is 1. The van der Waals surface area contributed by atoms with Crippen LogP contribution in [0.5, 0.6) is 0 Å². The van der Waals surface area contributed by atoms with Gasteiger partial charge in [-0.05, 0) is 37.3 Å². The number of carbonyl (C=O) groups excluding carboxylic acids is 4. The monoisotopic (exact) mass is 490 g/mol. The lowest BCUT2D eigenvalue weighted by Crippen LogP contribution is -2.55. The maximum Gasteiger partial charge on any atom is 0.338 e. The van der Waals surface area contributed by atoms with Crippen molar-refractivity contribution in [3.05, 3.63) is 66.1 Å². The van der Waals surface area contributed by atoms with Crippen LogP contribution in [0.25, 0.3) is 0 Å². The van der Waals surface area contributed by atoms with Gasteiger partial charge in [-0.1, -0.05) is 25.1 Å². The van der Waals surface area contributed by atoms with Gasteiger partial charge in [0.15, 0.2) is 0 Å². The van der Waals surface area contributed by atoms with Crippen molar-refractivity contribution < 1.29 is 33.1 Å². The number of fused-ring (bicyclic) bond motifs is 2. The Labute approximate surface area is 207 Å². The Morgan fingerprint density at radius 1 is 1.22 bits per heavy atom. The Bertz CT molecular complexity index is 1280. The normalized spacial score (nSPS) is 34.0. The molecule has 186 valence electrons. The molecule has 4 aliphatic rings. The fourth-order valence-electron chi connectivity index (χ4n) is 6.43. The van der Waals surface area contributed by atoms with E-state index >= 15 is 0 Å². The molecule has 4 aliphatic heterocycles. The topological polar surface area (TPSA) is 115 Å². The number of hydrogen-bond donors (Lipinski definition) is 1. The summed E-state index contributed by atoms with van der Waals surface area (Å²) in [5.74, 6) is -2.49. The SMILES string of the molecule is CCOC(=O)c1cccc(NC(=O)[C@H]2[C@H]3C=C[C@@]4(O3)[C@@H]3[C@H](C)C(=O)C[C@H](c5ccco5)N3C(=O)[C@@H]24)c1. The van der Waals surface area contributed by atoms with Crippen molar-refractivity contribution >= 4 is 29.3 Å². The summed E-state index contributed by atoms with van der Waals surface area (Å²) in [6, 6.07) is 8.91. The highest BCUT2D eigenvalue weighted by molar-refractivity contribution is 6.01. The molecule has 2 bridgehead atoms. The van der Waals surface area contributed by atoms with Crippen LogP contribution in [0.4, 0.5) is 5.69 Å². The van der Waals surface area contributed by atoms with Crippen molar-refractivity contribution in [3.8, 4) is 0 Å². The number of nitrogens with zero attached hydrogens (tertiary/aromatic N) is 1. The highest BCUT2D eigenvalue weighted by Gasteiger charge is 2.74. The van der Waals surface area contributed by atoms with E-state index in [0.29, 0.717) is 17.0 Å². The molecule has 9 heteroatoms. The first-order chi connectivity index (χ1) is 17.4. The zero-order valence-corrected chi connectivity index (χ0v) is 19.9. The third kappa shape index (κ3) is 3.12. The Kier molecular flexibility index (Phi) is 5.15.